The SMILES string of the molecule is C=CCOC(=O)N1CC2OCCC2(C(=O)O)C1. The summed E-state index contributed by atoms with van der Waals surface area (Å²) in [7, 11) is 0. The molecule has 2 rings (SSSR count). The second-order valence-corrected chi connectivity index (χ2v) is 4.32. The molecule has 17 heavy (non-hydrogen) atoms. The second-order valence-electron chi connectivity index (χ2n) is 4.32. The topological polar surface area (TPSA) is 76.1 Å². The van der Waals surface area contributed by atoms with E-state index in [1.807, 2.05) is 0 Å². The fourth-order valence-electron chi connectivity index (χ4n) is 2.39. The first-order valence-electron chi connectivity index (χ1n) is 5.48. The molecule has 2 saturated heterocycles. The number of rotatable bonds is 3. The lowest BCUT2D eigenvalue weighted by molar-refractivity contribution is -0.149. The molecule has 0 aromatic heterocycles. The standard InChI is InChI=1S/C11H15NO5/c1-2-4-17-10(15)12-6-8-11(7-12,9(13)14)3-5-16-8/h2,8H,1,3-7H2,(H,13,14). The number of carbonyl (C=O) groups excluding carboxylic acids is 1. The van der Waals surface area contributed by atoms with Gasteiger partial charge in [-0.15, -0.1) is 0 Å². The molecule has 6 heteroatoms. The zero-order chi connectivity index (χ0) is 12.5. The summed E-state index contributed by atoms with van der Waals surface area (Å²) in [5.74, 6) is -0.904. The molecule has 2 atom stereocenters. The Kier molecular flexibility index (Phi) is 3.06. The van der Waals surface area contributed by atoms with Gasteiger partial charge in [-0.05, 0) is 6.42 Å². The predicted octanol–water partition coefficient (Wildman–Crippen LogP) is 0.485. The number of fused-ring (bicyclic) bond motifs is 1. The van der Waals surface area contributed by atoms with Gasteiger partial charge in [-0.1, -0.05) is 12.7 Å². The van der Waals surface area contributed by atoms with Crippen molar-refractivity contribution < 1.29 is 24.2 Å². The fourth-order valence-corrected chi connectivity index (χ4v) is 2.39. The molecule has 0 saturated carbocycles. The van der Waals surface area contributed by atoms with Crippen molar-refractivity contribution in [2.75, 3.05) is 26.3 Å². The van der Waals surface area contributed by atoms with Gasteiger partial charge in [0.05, 0.1) is 12.6 Å². The highest BCUT2D eigenvalue weighted by molar-refractivity contribution is 5.79. The molecule has 6 nitrogen and oxygen atoms in total. The van der Waals surface area contributed by atoms with Gasteiger partial charge in [0, 0.05) is 13.2 Å². The molecular formula is C11H15NO5. The van der Waals surface area contributed by atoms with Crippen LogP contribution in [-0.2, 0) is 14.3 Å². The maximum Gasteiger partial charge on any atom is 0.410 e. The highest BCUT2D eigenvalue weighted by atomic mass is 16.6. The number of likely N-dealkylation sites (tertiary alicyclic amines) is 1. The largest absolute Gasteiger partial charge is 0.481 e. The molecule has 0 spiro atoms. The fraction of sp³-hybridized carbons (Fsp3) is 0.636. The number of carboxylic acid groups (broad SMARTS) is 1. The number of carboxylic acids is 1. The molecule has 2 aliphatic rings. The second kappa shape index (κ2) is 4.37. The Hall–Kier alpha value is -1.56. The quantitative estimate of drug-likeness (QED) is 0.727. The zero-order valence-electron chi connectivity index (χ0n) is 9.42. The smallest absolute Gasteiger partial charge is 0.410 e. The van der Waals surface area contributed by atoms with Crippen LogP contribution >= 0.6 is 0 Å². The molecule has 0 radical (unpaired) electrons. The molecule has 2 aliphatic heterocycles. The van der Waals surface area contributed by atoms with E-state index in [9.17, 15) is 14.7 Å². The van der Waals surface area contributed by atoms with E-state index in [1.165, 1.54) is 11.0 Å². The molecule has 0 aromatic rings. The van der Waals surface area contributed by atoms with E-state index in [2.05, 4.69) is 6.58 Å². The van der Waals surface area contributed by atoms with Gasteiger partial charge in [0.2, 0.25) is 0 Å². The van der Waals surface area contributed by atoms with Gasteiger partial charge in [0.25, 0.3) is 0 Å². The highest BCUT2D eigenvalue weighted by Gasteiger charge is 2.57. The minimum absolute atomic E-state index is 0.126. The Labute approximate surface area is 98.8 Å². The van der Waals surface area contributed by atoms with Crippen molar-refractivity contribution >= 4 is 12.1 Å². The summed E-state index contributed by atoms with van der Waals surface area (Å²) >= 11 is 0. The Morgan fingerprint density at radius 1 is 1.65 bits per heavy atom. The average molecular weight is 241 g/mol. The zero-order valence-corrected chi connectivity index (χ0v) is 9.42. The summed E-state index contributed by atoms with van der Waals surface area (Å²) in [4.78, 5) is 24.3. The van der Waals surface area contributed by atoms with Gasteiger partial charge >= 0.3 is 12.1 Å². The van der Waals surface area contributed by atoms with E-state index in [4.69, 9.17) is 9.47 Å². The first-order chi connectivity index (χ1) is 8.10. The maximum atomic E-state index is 11.6. The van der Waals surface area contributed by atoms with E-state index < -0.39 is 23.6 Å². The number of hydrogen-bond donors (Lipinski definition) is 1. The number of ether oxygens (including phenoxy) is 2. The minimum Gasteiger partial charge on any atom is -0.481 e. The highest BCUT2D eigenvalue weighted by Crippen LogP contribution is 2.41. The number of aliphatic carboxylic acids is 1. The maximum absolute atomic E-state index is 11.6. The van der Waals surface area contributed by atoms with Crippen molar-refractivity contribution in [1.29, 1.82) is 0 Å². The lowest BCUT2D eigenvalue weighted by Gasteiger charge is -2.21. The summed E-state index contributed by atoms with van der Waals surface area (Å²) in [5, 5.41) is 9.27. The molecule has 0 bridgehead atoms. The summed E-state index contributed by atoms with van der Waals surface area (Å²) in [6.07, 6.45) is 0.982. The van der Waals surface area contributed by atoms with Gasteiger partial charge in [-0.2, -0.15) is 0 Å². The van der Waals surface area contributed by atoms with Crippen LogP contribution in [0.2, 0.25) is 0 Å². The van der Waals surface area contributed by atoms with E-state index in [0.29, 0.717) is 13.0 Å². The summed E-state index contributed by atoms with van der Waals surface area (Å²) in [6.45, 7) is 4.44. The van der Waals surface area contributed by atoms with Gasteiger partial charge in [-0.3, -0.25) is 4.79 Å². The number of nitrogens with zero attached hydrogens (tertiary/aromatic N) is 1. The number of amides is 1. The van der Waals surface area contributed by atoms with Gasteiger partial charge < -0.3 is 19.5 Å². The van der Waals surface area contributed by atoms with Crippen molar-refractivity contribution in [2.45, 2.75) is 12.5 Å². The summed E-state index contributed by atoms with van der Waals surface area (Å²) in [5.41, 5.74) is -0.951. The van der Waals surface area contributed by atoms with Gasteiger partial charge in [0.1, 0.15) is 12.0 Å². The van der Waals surface area contributed by atoms with Gasteiger partial charge in [0.15, 0.2) is 0 Å². The Morgan fingerprint density at radius 3 is 3.00 bits per heavy atom. The molecule has 94 valence electrons. The minimum atomic E-state index is -0.951. The Morgan fingerprint density at radius 2 is 2.41 bits per heavy atom. The molecule has 0 aliphatic carbocycles. The van der Waals surface area contributed by atoms with Crippen molar-refractivity contribution in [2.24, 2.45) is 5.41 Å². The van der Waals surface area contributed by atoms with E-state index in [0.717, 1.165) is 0 Å². The van der Waals surface area contributed by atoms with Crippen LogP contribution in [0, 0.1) is 5.41 Å². The van der Waals surface area contributed by atoms with Crippen LogP contribution in [-0.4, -0.2) is 54.5 Å². The van der Waals surface area contributed by atoms with Crippen LogP contribution in [0.3, 0.4) is 0 Å². The van der Waals surface area contributed by atoms with E-state index >= 15 is 0 Å². The van der Waals surface area contributed by atoms with Crippen LogP contribution in [0.25, 0.3) is 0 Å². The average Bonchev–Trinajstić information content (AvgIpc) is 2.82. The third-order valence-corrected chi connectivity index (χ3v) is 3.35. The summed E-state index contributed by atoms with van der Waals surface area (Å²) < 4.78 is 10.3. The first kappa shape index (κ1) is 11.9. The van der Waals surface area contributed by atoms with Crippen molar-refractivity contribution in [1.82, 2.24) is 4.90 Å². The lowest BCUT2D eigenvalue weighted by atomic mass is 9.84. The molecule has 2 unspecified atom stereocenters. The first-order valence-corrected chi connectivity index (χ1v) is 5.48. The van der Waals surface area contributed by atoms with Crippen LogP contribution in [0.1, 0.15) is 6.42 Å². The third kappa shape index (κ3) is 1.88. The van der Waals surface area contributed by atoms with Gasteiger partial charge in [-0.25, -0.2) is 4.79 Å². The Bertz CT molecular complexity index is 356. The summed E-state index contributed by atoms with van der Waals surface area (Å²) in [6, 6.07) is 0. The normalized spacial score (nSPS) is 31.1. The Balaban J connectivity index is 2.05. The van der Waals surface area contributed by atoms with E-state index in [1.54, 1.807) is 0 Å². The van der Waals surface area contributed by atoms with Crippen LogP contribution in [0.15, 0.2) is 12.7 Å². The molecule has 1 N–H and O–H groups in total. The molecule has 2 heterocycles. The van der Waals surface area contributed by atoms with Crippen LogP contribution < -0.4 is 0 Å². The van der Waals surface area contributed by atoms with Crippen molar-refractivity contribution in [3.8, 4) is 0 Å². The number of hydrogen-bond acceptors (Lipinski definition) is 4. The van der Waals surface area contributed by atoms with Crippen LogP contribution in [0.5, 0.6) is 0 Å². The molecular weight excluding hydrogens is 226 g/mol. The predicted molar refractivity (Wildman–Crippen MR) is 57.5 cm³/mol. The lowest BCUT2D eigenvalue weighted by Crippen LogP contribution is -2.39. The van der Waals surface area contributed by atoms with E-state index in [-0.39, 0.29) is 19.7 Å². The monoisotopic (exact) mass is 241 g/mol. The van der Waals surface area contributed by atoms with Crippen molar-refractivity contribution in [3.05, 3.63) is 12.7 Å². The molecule has 0 aromatic carbocycles. The molecule has 2 fully saturated rings. The molecule has 1 amide bonds. The number of carbonyl (C=O) groups is 2. The van der Waals surface area contributed by atoms with Crippen molar-refractivity contribution in [3.63, 3.8) is 0 Å². The van der Waals surface area contributed by atoms with Crippen LogP contribution in [0.4, 0.5) is 4.79 Å². The third-order valence-electron chi connectivity index (χ3n) is 3.35.